The van der Waals surface area contributed by atoms with Crippen molar-refractivity contribution in [2.45, 2.75) is 76.6 Å². The Kier molecular flexibility index (Phi) is 4.80. The first-order valence-corrected chi connectivity index (χ1v) is 9.29. The van der Waals surface area contributed by atoms with Gasteiger partial charge < -0.3 is 28.4 Å². The van der Waals surface area contributed by atoms with Crippen LogP contribution in [0.4, 0.5) is 0 Å². The summed E-state index contributed by atoms with van der Waals surface area (Å²) in [7, 11) is 0. The third kappa shape index (κ3) is 3.78. The molecule has 3 fully saturated rings. The largest absolute Gasteiger partial charge is 0.368 e. The van der Waals surface area contributed by atoms with Crippen molar-refractivity contribution in [1.82, 2.24) is 0 Å². The summed E-state index contributed by atoms with van der Waals surface area (Å²) < 4.78 is 36.0. The van der Waals surface area contributed by atoms with Crippen LogP contribution < -0.4 is 0 Å². The molecule has 4 rings (SSSR count). The molecule has 0 amide bonds. The topological polar surface area (TPSA) is 55.4 Å². The lowest BCUT2D eigenvalue weighted by atomic mass is 10.1. The lowest BCUT2D eigenvalue weighted by Crippen LogP contribution is -2.44. The molecule has 3 aliphatic heterocycles. The van der Waals surface area contributed by atoms with Crippen molar-refractivity contribution in [1.29, 1.82) is 0 Å². The van der Waals surface area contributed by atoms with Crippen molar-refractivity contribution >= 4 is 11.6 Å². The van der Waals surface area contributed by atoms with Gasteiger partial charge in [0.15, 0.2) is 17.9 Å². The molecule has 1 aromatic carbocycles. The van der Waals surface area contributed by atoms with Gasteiger partial charge in [-0.2, -0.15) is 0 Å². The van der Waals surface area contributed by atoms with E-state index in [9.17, 15) is 0 Å². The Morgan fingerprint density at radius 1 is 1.00 bits per heavy atom. The fourth-order valence-corrected chi connectivity index (χ4v) is 3.77. The second kappa shape index (κ2) is 6.71. The summed E-state index contributed by atoms with van der Waals surface area (Å²) in [5, 5.41) is 0.698. The second-order valence-corrected chi connectivity index (χ2v) is 8.27. The minimum absolute atomic E-state index is 0.235. The van der Waals surface area contributed by atoms with E-state index in [0.29, 0.717) is 18.2 Å². The van der Waals surface area contributed by atoms with Crippen molar-refractivity contribution in [2.24, 2.45) is 0 Å². The minimum atomic E-state index is -0.700. The van der Waals surface area contributed by atoms with Gasteiger partial charge in [-0.15, -0.1) is 0 Å². The highest BCUT2D eigenvalue weighted by atomic mass is 35.5. The second-order valence-electron chi connectivity index (χ2n) is 7.84. The molecule has 0 N–H and O–H groups in total. The maximum absolute atomic E-state index is 6.22. The smallest absolute Gasteiger partial charge is 0.190 e. The Bertz CT molecular complexity index is 646. The Labute approximate surface area is 158 Å². The fourth-order valence-electron chi connectivity index (χ4n) is 3.64. The first-order chi connectivity index (χ1) is 12.2. The average Bonchev–Trinajstić information content (AvgIpc) is 3.16. The molecule has 7 heteroatoms. The summed E-state index contributed by atoms with van der Waals surface area (Å²) in [6.45, 7) is 8.40. The molecule has 3 heterocycles. The van der Waals surface area contributed by atoms with Gasteiger partial charge in [0.1, 0.15) is 24.4 Å². The van der Waals surface area contributed by atoms with E-state index in [1.54, 1.807) is 0 Å². The van der Waals surface area contributed by atoms with Crippen LogP contribution in [-0.4, -0.2) is 48.9 Å². The highest BCUT2D eigenvalue weighted by Gasteiger charge is 2.58. The van der Waals surface area contributed by atoms with Gasteiger partial charge in [-0.05, 0) is 45.4 Å². The van der Waals surface area contributed by atoms with Crippen LogP contribution in [-0.2, 0) is 35.0 Å². The fraction of sp³-hybridized carbons (Fsp3) is 0.684. The number of hydrogen-bond acceptors (Lipinski definition) is 6. The molecule has 0 aliphatic carbocycles. The lowest BCUT2D eigenvalue weighted by Gasteiger charge is -2.29. The number of halogens is 1. The molecule has 0 unspecified atom stereocenters. The van der Waals surface area contributed by atoms with Gasteiger partial charge in [0, 0.05) is 5.02 Å². The first kappa shape index (κ1) is 18.6. The van der Waals surface area contributed by atoms with E-state index >= 15 is 0 Å². The van der Waals surface area contributed by atoms with Crippen molar-refractivity contribution in [3.8, 4) is 0 Å². The van der Waals surface area contributed by atoms with E-state index in [1.807, 2.05) is 52.0 Å². The normalized spacial score (nSPS) is 37.8. The summed E-state index contributed by atoms with van der Waals surface area (Å²) in [5.74, 6) is -1.33. The molecule has 144 valence electrons. The molecule has 0 bridgehead atoms. The molecular formula is C19H25ClO6. The van der Waals surface area contributed by atoms with E-state index in [0.717, 1.165) is 5.56 Å². The zero-order chi connectivity index (χ0) is 18.5. The number of hydrogen-bond donors (Lipinski definition) is 0. The van der Waals surface area contributed by atoms with Gasteiger partial charge >= 0.3 is 0 Å². The van der Waals surface area contributed by atoms with Gasteiger partial charge in [0.25, 0.3) is 0 Å². The Morgan fingerprint density at radius 3 is 2.38 bits per heavy atom. The van der Waals surface area contributed by atoms with Crippen LogP contribution in [0.15, 0.2) is 24.3 Å². The number of benzene rings is 1. The Morgan fingerprint density at radius 2 is 1.73 bits per heavy atom. The van der Waals surface area contributed by atoms with Gasteiger partial charge in [-0.3, -0.25) is 0 Å². The zero-order valence-corrected chi connectivity index (χ0v) is 16.2. The van der Waals surface area contributed by atoms with E-state index in [2.05, 4.69) is 0 Å². The van der Waals surface area contributed by atoms with E-state index in [4.69, 9.17) is 40.0 Å². The molecule has 0 saturated carbocycles. The molecular weight excluding hydrogens is 360 g/mol. The molecule has 0 aromatic heterocycles. The summed E-state index contributed by atoms with van der Waals surface area (Å²) in [6.07, 6.45) is -1.66. The molecule has 0 spiro atoms. The van der Waals surface area contributed by atoms with E-state index in [-0.39, 0.29) is 24.4 Å². The predicted octanol–water partition coefficient (Wildman–Crippen LogP) is 3.25. The van der Waals surface area contributed by atoms with Crippen LogP contribution in [0.3, 0.4) is 0 Å². The third-order valence-corrected chi connectivity index (χ3v) is 5.03. The summed E-state index contributed by atoms with van der Waals surface area (Å²) in [4.78, 5) is 0. The van der Waals surface area contributed by atoms with E-state index < -0.39 is 17.9 Å². The first-order valence-electron chi connectivity index (χ1n) is 8.91. The molecule has 3 aliphatic rings. The van der Waals surface area contributed by atoms with Crippen molar-refractivity contribution in [2.75, 3.05) is 6.61 Å². The highest BCUT2D eigenvalue weighted by molar-refractivity contribution is 6.30. The number of fused-ring (bicyclic) bond motifs is 1. The quantitative estimate of drug-likeness (QED) is 0.794. The minimum Gasteiger partial charge on any atom is -0.368 e. The van der Waals surface area contributed by atoms with Gasteiger partial charge in [-0.25, -0.2) is 0 Å². The molecule has 6 nitrogen and oxygen atoms in total. The Hall–Kier alpha value is -0.730. The monoisotopic (exact) mass is 384 g/mol. The van der Waals surface area contributed by atoms with Gasteiger partial charge in [0.2, 0.25) is 0 Å². The average molecular weight is 385 g/mol. The SMILES string of the molecule is CC1(C)O[C@H]2O[C@H]([C@H]3COC(C)(C)O3)[C@H](OCc3ccc(Cl)cc3)[C@H]2O1. The van der Waals surface area contributed by atoms with Crippen LogP contribution in [0, 0.1) is 0 Å². The molecule has 1 aromatic rings. The number of ether oxygens (including phenoxy) is 6. The lowest BCUT2D eigenvalue weighted by molar-refractivity contribution is -0.236. The van der Waals surface area contributed by atoms with Crippen molar-refractivity contribution in [3.05, 3.63) is 34.9 Å². The van der Waals surface area contributed by atoms with Crippen LogP contribution in [0.1, 0.15) is 33.3 Å². The predicted molar refractivity (Wildman–Crippen MR) is 93.6 cm³/mol. The highest BCUT2D eigenvalue weighted by Crippen LogP contribution is 2.42. The standard InChI is InChI=1S/C19H25ClO6/c1-18(2)22-10-13(24-18)14-15(16-17(23-14)26-19(3,4)25-16)21-9-11-5-7-12(20)8-6-11/h5-8,13-17H,9-10H2,1-4H3/t13-,14-,15+,16-,17-/m1/s1. The van der Waals surface area contributed by atoms with Gasteiger partial charge in [-0.1, -0.05) is 23.7 Å². The summed E-state index contributed by atoms with van der Waals surface area (Å²) >= 11 is 5.95. The Balaban J connectivity index is 1.49. The number of rotatable bonds is 4. The van der Waals surface area contributed by atoms with Crippen molar-refractivity contribution in [3.63, 3.8) is 0 Å². The summed E-state index contributed by atoms with van der Waals surface area (Å²) in [6, 6.07) is 7.58. The van der Waals surface area contributed by atoms with Gasteiger partial charge in [0.05, 0.1) is 13.2 Å². The molecule has 5 atom stereocenters. The van der Waals surface area contributed by atoms with Crippen LogP contribution in [0.2, 0.25) is 5.02 Å². The third-order valence-electron chi connectivity index (χ3n) is 4.78. The zero-order valence-electron chi connectivity index (χ0n) is 15.4. The van der Waals surface area contributed by atoms with E-state index in [1.165, 1.54) is 0 Å². The maximum Gasteiger partial charge on any atom is 0.190 e. The van der Waals surface area contributed by atoms with Crippen molar-refractivity contribution < 1.29 is 28.4 Å². The molecule has 3 saturated heterocycles. The molecule has 26 heavy (non-hydrogen) atoms. The van der Waals surface area contributed by atoms with Crippen LogP contribution >= 0.6 is 11.6 Å². The maximum atomic E-state index is 6.22. The molecule has 0 radical (unpaired) electrons. The van der Waals surface area contributed by atoms with Crippen LogP contribution in [0.5, 0.6) is 0 Å². The van der Waals surface area contributed by atoms with Crippen LogP contribution in [0.25, 0.3) is 0 Å². The summed E-state index contributed by atoms with van der Waals surface area (Å²) in [5.41, 5.74) is 1.03.